The van der Waals surface area contributed by atoms with Gasteiger partial charge in [0.1, 0.15) is 5.76 Å². The van der Waals surface area contributed by atoms with Gasteiger partial charge in [-0.2, -0.15) is 0 Å². The van der Waals surface area contributed by atoms with Crippen LogP contribution >= 0.6 is 11.6 Å². The van der Waals surface area contributed by atoms with Crippen LogP contribution in [0.5, 0.6) is 0 Å². The summed E-state index contributed by atoms with van der Waals surface area (Å²) in [5.41, 5.74) is 2.01. The minimum Gasteiger partial charge on any atom is -0.467 e. The Morgan fingerprint density at radius 2 is 1.81 bits per heavy atom. The van der Waals surface area contributed by atoms with Gasteiger partial charge < -0.3 is 9.73 Å². The van der Waals surface area contributed by atoms with Gasteiger partial charge >= 0.3 is 0 Å². The summed E-state index contributed by atoms with van der Waals surface area (Å²) >= 11 is 6.02. The largest absolute Gasteiger partial charge is 0.467 e. The van der Waals surface area contributed by atoms with Crippen molar-refractivity contribution in [2.45, 2.75) is 19.0 Å². The molecule has 0 saturated heterocycles. The van der Waals surface area contributed by atoms with Crippen LogP contribution in [0.15, 0.2) is 77.4 Å². The van der Waals surface area contributed by atoms with Crippen LogP contribution in [-0.2, 0) is 4.79 Å². The summed E-state index contributed by atoms with van der Waals surface area (Å²) in [4.78, 5) is 12.4. The third-order valence-electron chi connectivity index (χ3n) is 4.15. The van der Waals surface area contributed by atoms with Crippen molar-refractivity contribution in [1.29, 1.82) is 0 Å². The Balaban J connectivity index is 1.63. The zero-order valence-corrected chi connectivity index (χ0v) is 15.2. The number of nitrogens with one attached hydrogen (secondary N) is 2. The molecule has 0 aliphatic rings. The van der Waals surface area contributed by atoms with Crippen molar-refractivity contribution in [3.63, 3.8) is 0 Å². The van der Waals surface area contributed by atoms with Crippen LogP contribution < -0.4 is 10.6 Å². The lowest BCUT2D eigenvalue weighted by Crippen LogP contribution is -2.37. The lowest BCUT2D eigenvalue weighted by atomic mass is 10.0. The zero-order chi connectivity index (χ0) is 18.4. The predicted molar refractivity (Wildman–Crippen MR) is 103 cm³/mol. The van der Waals surface area contributed by atoms with E-state index >= 15 is 0 Å². The first-order valence-electron chi connectivity index (χ1n) is 8.50. The molecule has 1 amide bonds. The molecular formula is C21H21ClN2O2. The Kier molecular flexibility index (Phi) is 6.10. The summed E-state index contributed by atoms with van der Waals surface area (Å²) in [5, 5.41) is 6.92. The molecule has 3 aromatic rings. The van der Waals surface area contributed by atoms with E-state index in [0.29, 0.717) is 5.02 Å². The topological polar surface area (TPSA) is 54.3 Å². The van der Waals surface area contributed by atoms with Gasteiger partial charge in [-0.3, -0.25) is 10.1 Å². The van der Waals surface area contributed by atoms with E-state index in [-0.39, 0.29) is 24.5 Å². The number of rotatable bonds is 7. The molecule has 0 spiro atoms. The third-order valence-corrected chi connectivity index (χ3v) is 4.39. The molecule has 0 radical (unpaired) electrons. The maximum atomic E-state index is 12.4. The van der Waals surface area contributed by atoms with Crippen LogP contribution in [0.1, 0.15) is 35.9 Å². The molecule has 0 fully saturated rings. The number of benzene rings is 2. The number of carbonyl (C=O) groups is 1. The molecular weight excluding hydrogens is 348 g/mol. The van der Waals surface area contributed by atoms with Gasteiger partial charge in [0.2, 0.25) is 5.91 Å². The van der Waals surface area contributed by atoms with Gasteiger partial charge in [-0.1, -0.05) is 54.1 Å². The standard InChI is InChI=1S/C21H21ClN2O2/c1-15(17-9-5-10-18(22)13-17)24-20(25)14-23-21(19-11-6-12-26-19)16-7-3-2-4-8-16/h2-13,15,21,23H,14H2,1H3,(H,24,25)/t15-,21+/m1/s1. The molecule has 4 nitrogen and oxygen atoms in total. The van der Waals surface area contributed by atoms with Crippen LogP contribution in [0.2, 0.25) is 5.02 Å². The molecule has 0 unspecified atom stereocenters. The van der Waals surface area contributed by atoms with E-state index in [0.717, 1.165) is 16.9 Å². The van der Waals surface area contributed by atoms with Gasteiger partial charge in [0.05, 0.1) is 24.9 Å². The minimum atomic E-state index is -0.182. The van der Waals surface area contributed by atoms with E-state index < -0.39 is 0 Å². The van der Waals surface area contributed by atoms with Crippen molar-refractivity contribution < 1.29 is 9.21 Å². The normalized spacial score (nSPS) is 13.2. The fourth-order valence-corrected chi connectivity index (χ4v) is 3.03. The molecule has 0 bridgehead atoms. The van der Waals surface area contributed by atoms with Crippen LogP contribution in [0.4, 0.5) is 0 Å². The summed E-state index contributed by atoms with van der Waals surface area (Å²) in [7, 11) is 0. The molecule has 2 aromatic carbocycles. The van der Waals surface area contributed by atoms with Gasteiger partial charge in [0, 0.05) is 5.02 Å². The van der Waals surface area contributed by atoms with Crippen molar-refractivity contribution in [3.05, 3.63) is 94.9 Å². The van der Waals surface area contributed by atoms with Gasteiger partial charge in [0.15, 0.2) is 0 Å². The highest BCUT2D eigenvalue weighted by atomic mass is 35.5. The van der Waals surface area contributed by atoms with Gasteiger partial charge in [0.25, 0.3) is 0 Å². The Morgan fingerprint density at radius 3 is 2.50 bits per heavy atom. The number of hydrogen-bond donors (Lipinski definition) is 2. The van der Waals surface area contributed by atoms with Gasteiger partial charge in [-0.15, -0.1) is 0 Å². The van der Waals surface area contributed by atoms with E-state index in [2.05, 4.69) is 10.6 Å². The molecule has 1 aromatic heterocycles. The highest BCUT2D eigenvalue weighted by Crippen LogP contribution is 2.22. The second kappa shape index (κ2) is 8.70. The Morgan fingerprint density at radius 1 is 1.04 bits per heavy atom. The Bertz CT molecular complexity index is 834. The van der Waals surface area contributed by atoms with E-state index in [1.54, 1.807) is 6.26 Å². The van der Waals surface area contributed by atoms with Crippen molar-refractivity contribution >= 4 is 17.5 Å². The number of hydrogen-bond acceptors (Lipinski definition) is 3. The highest BCUT2D eigenvalue weighted by molar-refractivity contribution is 6.30. The average molecular weight is 369 g/mol. The molecule has 1 heterocycles. The molecule has 0 saturated carbocycles. The van der Waals surface area contributed by atoms with E-state index in [9.17, 15) is 4.79 Å². The maximum absolute atomic E-state index is 12.4. The Hall–Kier alpha value is -2.56. The van der Waals surface area contributed by atoms with E-state index in [1.807, 2.05) is 73.7 Å². The lowest BCUT2D eigenvalue weighted by Gasteiger charge is -2.19. The van der Waals surface area contributed by atoms with E-state index in [1.165, 1.54) is 0 Å². The smallest absolute Gasteiger partial charge is 0.234 e. The molecule has 2 N–H and O–H groups in total. The van der Waals surface area contributed by atoms with Crippen LogP contribution in [-0.4, -0.2) is 12.5 Å². The van der Waals surface area contributed by atoms with Crippen LogP contribution in [0.25, 0.3) is 0 Å². The van der Waals surface area contributed by atoms with Gasteiger partial charge in [-0.25, -0.2) is 0 Å². The predicted octanol–water partition coefficient (Wildman–Crippen LogP) is 4.49. The first-order chi connectivity index (χ1) is 12.6. The van der Waals surface area contributed by atoms with Crippen molar-refractivity contribution in [2.75, 3.05) is 6.54 Å². The number of carbonyl (C=O) groups excluding carboxylic acids is 1. The summed E-state index contributed by atoms with van der Waals surface area (Å²) < 4.78 is 5.54. The van der Waals surface area contributed by atoms with Crippen LogP contribution in [0.3, 0.4) is 0 Å². The quantitative estimate of drug-likeness (QED) is 0.646. The van der Waals surface area contributed by atoms with E-state index in [4.69, 9.17) is 16.0 Å². The zero-order valence-electron chi connectivity index (χ0n) is 14.5. The molecule has 134 valence electrons. The minimum absolute atomic E-state index is 0.0926. The molecule has 3 rings (SSSR count). The molecule has 0 aliphatic heterocycles. The number of amides is 1. The van der Waals surface area contributed by atoms with Gasteiger partial charge in [-0.05, 0) is 42.3 Å². The first-order valence-corrected chi connectivity index (χ1v) is 8.88. The summed E-state index contributed by atoms with van der Waals surface area (Å²) in [5.74, 6) is 0.678. The lowest BCUT2D eigenvalue weighted by molar-refractivity contribution is -0.121. The second-order valence-electron chi connectivity index (χ2n) is 6.08. The third kappa shape index (κ3) is 4.75. The fourth-order valence-electron chi connectivity index (χ4n) is 2.83. The monoisotopic (exact) mass is 368 g/mol. The molecule has 0 aliphatic carbocycles. The fraction of sp³-hybridized carbons (Fsp3) is 0.190. The molecule has 26 heavy (non-hydrogen) atoms. The van der Waals surface area contributed by atoms with Crippen LogP contribution in [0, 0.1) is 0 Å². The van der Waals surface area contributed by atoms with Crippen molar-refractivity contribution in [2.24, 2.45) is 0 Å². The molecule has 2 atom stereocenters. The Labute approximate surface area is 158 Å². The second-order valence-corrected chi connectivity index (χ2v) is 6.52. The summed E-state index contributed by atoms with van der Waals surface area (Å²) in [6, 6.07) is 20.8. The summed E-state index contributed by atoms with van der Waals surface area (Å²) in [6.45, 7) is 2.11. The average Bonchev–Trinajstić information content (AvgIpc) is 3.17. The van der Waals surface area contributed by atoms with Crippen molar-refractivity contribution in [3.8, 4) is 0 Å². The highest BCUT2D eigenvalue weighted by Gasteiger charge is 2.18. The molecule has 5 heteroatoms. The SMILES string of the molecule is C[C@@H](NC(=O)CN[C@@H](c1ccccc1)c1ccco1)c1cccc(Cl)c1. The first kappa shape index (κ1) is 18.2. The summed E-state index contributed by atoms with van der Waals surface area (Å²) in [6.07, 6.45) is 1.63. The maximum Gasteiger partial charge on any atom is 0.234 e. The number of halogens is 1. The van der Waals surface area contributed by atoms with Crippen molar-refractivity contribution in [1.82, 2.24) is 10.6 Å². The number of furan rings is 1.